The Morgan fingerprint density at radius 1 is 1.12 bits per heavy atom. The van der Waals surface area contributed by atoms with Crippen LogP contribution in [-0.2, 0) is 0 Å². The van der Waals surface area contributed by atoms with E-state index in [1.807, 2.05) is 17.2 Å². The van der Waals surface area contributed by atoms with Crippen molar-refractivity contribution in [1.29, 1.82) is 0 Å². The van der Waals surface area contributed by atoms with Gasteiger partial charge in [-0.3, -0.25) is 5.32 Å². The fraction of sp³-hybridized carbons (Fsp3) is 0.667. The van der Waals surface area contributed by atoms with Crippen LogP contribution in [0.5, 0.6) is 0 Å². The summed E-state index contributed by atoms with van der Waals surface area (Å²) in [6.45, 7) is 0.734. The monoisotopic (exact) mass is 376 g/mol. The third-order valence-corrected chi connectivity index (χ3v) is 5.99. The van der Waals surface area contributed by atoms with E-state index in [0.29, 0.717) is 12.2 Å². The lowest BCUT2D eigenvalue weighted by molar-refractivity contribution is 0.275. The van der Waals surface area contributed by atoms with Crippen LogP contribution in [0.3, 0.4) is 0 Å². The van der Waals surface area contributed by atoms with Gasteiger partial charge in [-0.2, -0.15) is 0 Å². The number of nitrogens with zero attached hydrogens (tertiary/aromatic N) is 1. The van der Waals surface area contributed by atoms with Crippen molar-refractivity contribution in [2.24, 2.45) is 0 Å². The Morgan fingerprint density at radius 3 is 2.25 bits per heavy atom. The molecule has 16 heavy (non-hydrogen) atoms. The molecule has 2 nitrogen and oxygen atoms in total. The summed E-state index contributed by atoms with van der Waals surface area (Å²) in [6, 6.07) is -4.95. The second-order valence-corrected chi connectivity index (χ2v) is 21.7. The maximum Gasteiger partial charge on any atom is 0.359 e. The molecule has 94 valence electrons. The first-order chi connectivity index (χ1) is 7.17. The molecule has 0 aliphatic carbocycles. The number of hydrogen-bond acceptors (Lipinski definition) is 2. The van der Waals surface area contributed by atoms with E-state index in [4.69, 9.17) is 66.5 Å². The van der Waals surface area contributed by atoms with Crippen LogP contribution in [0.4, 0.5) is 0 Å². The molecule has 0 aromatic carbocycles. The summed E-state index contributed by atoms with van der Waals surface area (Å²) in [4.78, 5) is 1.90. The third-order valence-electron chi connectivity index (χ3n) is 1.96. The third kappa shape index (κ3) is 6.56. The van der Waals surface area contributed by atoms with Crippen molar-refractivity contribution >= 4 is 78.5 Å². The molecule has 0 aromatic rings. The summed E-state index contributed by atoms with van der Waals surface area (Å²) >= 11 is 35.3. The van der Waals surface area contributed by atoms with Crippen LogP contribution in [-0.4, -0.2) is 35.8 Å². The molecule has 0 saturated carbocycles. The molecule has 0 fully saturated rings. The van der Waals surface area contributed by atoms with E-state index < -0.39 is 12.0 Å². The molecule has 0 amide bonds. The van der Waals surface area contributed by atoms with E-state index in [1.54, 1.807) is 0 Å². The van der Waals surface area contributed by atoms with Gasteiger partial charge in [0.2, 0.25) is 0 Å². The van der Waals surface area contributed by atoms with Gasteiger partial charge >= 0.3 is 12.0 Å². The Kier molecular flexibility index (Phi) is 6.11. The van der Waals surface area contributed by atoms with Gasteiger partial charge in [0.1, 0.15) is 0 Å². The predicted octanol–water partition coefficient (Wildman–Crippen LogP) is 3.58. The quantitative estimate of drug-likeness (QED) is 0.594. The average Bonchev–Trinajstić information content (AvgIpc) is 2.03. The molecule has 1 aliphatic heterocycles. The standard InChI is InChI=1S/C6H10Cl6N2Si2/c7-15(8,9)4-6-13-2-1-3-14(6)5-16(10,11)12/h1,3,6,13H,2,4-5H2. The second-order valence-electron chi connectivity index (χ2n) is 3.42. The average molecular weight is 379 g/mol. The zero-order chi connectivity index (χ0) is 12.4. The van der Waals surface area contributed by atoms with Crippen LogP contribution in [0.25, 0.3) is 0 Å². The van der Waals surface area contributed by atoms with Crippen molar-refractivity contribution in [2.45, 2.75) is 12.2 Å². The van der Waals surface area contributed by atoms with Crippen molar-refractivity contribution in [3.8, 4) is 0 Å². The van der Waals surface area contributed by atoms with Crippen LogP contribution in [0.15, 0.2) is 12.3 Å². The Hall–Kier alpha value is 1.67. The van der Waals surface area contributed by atoms with E-state index >= 15 is 0 Å². The summed E-state index contributed by atoms with van der Waals surface area (Å²) < 4.78 is 0. The van der Waals surface area contributed by atoms with E-state index in [2.05, 4.69) is 5.32 Å². The minimum Gasteiger partial charge on any atom is -0.362 e. The molecule has 1 heterocycles. The molecule has 1 N–H and O–H groups in total. The lowest BCUT2D eigenvalue weighted by Crippen LogP contribution is -2.51. The topological polar surface area (TPSA) is 15.3 Å². The molecule has 1 aliphatic rings. The summed E-state index contributed by atoms with van der Waals surface area (Å²) in [7, 11) is 0. The fourth-order valence-electron chi connectivity index (χ4n) is 1.39. The molecule has 0 spiro atoms. The van der Waals surface area contributed by atoms with Crippen LogP contribution < -0.4 is 5.32 Å². The second kappa shape index (κ2) is 6.21. The van der Waals surface area contributed by atoms with E-state index in [1.165, 1.54) is 0 Å². The normalized spacial score (nSPS) is 22.6. The van der Waals surface area contributed by atoms with Crippen LogP contribution >= 0.6 is 66.5 Å². The maximum atomic E-state index is 5.89. The highest BCUT2D eigenvalue weighted by Crippen LogP contribution is 2.30. The SMILES string of the molecule is Cl[Si](Cl)(Cl)CC1NCC=CN1C[Si](Cl)(Cl)Cl. The molecule has 0 saturated heterocycles. The lowest BCUT2D eigenvalue weighted by atomic mass is 10.4. The first-order valence-electron chi connectivity index (χ1n) is 4.47. The summed E-state index contributed by atoms with van der Waals surface area (Å²) in [5, 5.41) is 3.22. The van der Waals surface area contributed by atoms with Gasteiger partial charge in [-0.05, 0) is 6.20 Å². The Labute approximate surface area is 125 Å². The molecule has 1 atom stereocenters. The molecular formula is C6H10Cl6N2Si2. The van der Waals surface area contributed by atoms with Gasteiger partial charge < -0.3 is 4.90 Å². The van der Waals surface area contributed by atoms with Gasteiger partial charge in [-0.15, -0.1) is 66.5 Å². The van der Waals surface area contributed by atoms with Gasteiger partial charge in [-0.1, -0.05) is 6.08 Å². The van der Waals surface area contributed by atoms with Gasteiger partial charge in [-0.25, -0.2) is 0 Å². The van der Waals surface area contributed by atoms with Crippen molar-refractivity contribution in [2.75, 3.05) is 12.7 Å². The largest absolute Gasteiger partial charge is 0.362 e. The van der Waals surface area contributed by atoms with E-state index in [-0.39, 0.29) is 6.17 Å². The molecule has 10 heteroatoms. The minimum atomic E-state index is -2.72. The number of nitrogens with one attached hydrogen (secondary N) is 1. The molecule has 1 unspecified atom stereocenters. The lowest BCUT2D eigenvalue weighted by Gasteiger charge is -2.36. The molecule has 0 aromatic heterocycles. The number of halogens is 6. The number of hydrogen-bond donors (Lipinski definition) is 1. The van der Waals surface area contributed by atoms with Gasteiger partial charge in [0.25, 0.3) is 0 Å². The highest BCUT2D eigenvalue weighted by molar-refractivity contribution is 7.65. The van der Waals surface area contributed by atoms with Gasteiger partial charge in [0, 0.05) is 12.6 Å². The Morgan fingerprint density at radius 2 is 1.75 bits per heavy atom. The zero-order valence-electron chi connectivity index (χ0n) is 8.07. The van der Waals surface area contributed by atoms with Crippen LogP contribution in [0.1, 0.15) is 0 Å². The van der Waals surface area contributed by atoms with Crippen molar-refractivity contribution < 1.29 is 0 Å². The Bertz CT molecular complexity index is 263. The smallest absolute Gasteiger partial charge is 0.359 e. The van der Waals surface area contributed by atoms with Crippen molar-refractivity contribution in [3.05, 3.63) is 12.3 Å². The summed E-state index contributed by atoms with van der Waals surface area (Å²) in [6.07, 6.45) is 4.16. The molecule has 0 radical (unpaired) electrons. The summed E-state index contributed by atoms with van der Waals surface area (Å²) in [5.41, 5.74) is 0. The van der Waals surface area contributed by atoms with Gasteiger partial charge in [0.15, 0.2) is 0 Å². The van der Waals surface area contributed by atoms with Crippen LogP contribution in [0.2, 0.25) is 6.04 Å². The highest BCUT2D eigenvalue weighted by atomic mass is 35.8. The first-order valence-corrected chi connectivity index (χ1v) is 15.0. The Balaban J connectivity index is 2.64. The first kappa shape index (κ1) is 15.7. The van der Waals surface area contributed by atoms with E-state index in [0.717, 1.165) is 6.54 Å². The van der Waals surface area contributed by atoms with Crippen molar-refractivity contribution in [1.82, 2.24) is 10.2 Å². The molecule has 0 bridgehead atoms. The minimum absolute atomic E-state index is 0.0627. The zero-order valence-corrected chi connectivity index (χ0v) is 14.6. The van der Waals surface area contributed by atoms with Crippen molar-refractivity contribution in [3.63, 3.8) is 0 Å². The number of rotatable bonds is 4. The molecule has 1 rings (SSSR count). The van der Waals surface area contributed by atoms with Crippen LogP contribution in [0, 0.1) is 0 Å². The highest BCUT2D eigenvalue weighted by Gasteiger charge is 2.36. The predicted molar refractivity (Wildman–Crippen MR) is 79.1 cm³/mol. The maximum absolute atomic E-state index is 5.89. The van der Waals surface area contributed by atoms with Gasteiger partial charge in [0.05, 0.1) is 12.3 Å². The molecular weight excluding hydrogens is 369 g/mol. The van der Waals surface area contributed by atoms with E-state index in [9.17, 15) is 0 Å². The summed E-state index contributed by atoms with van der Waals surface area (Å²) in [5.74, 6) is 0. The fourth-order valence-corrected chi connectivity index (χ4v) is 5.51.